The number of amides is 1. The van der Waals surface area contributed by atoms with Crippen LogP contribution in [0.4, 0.5) is 0 Å². The first-order chi connectivity index (χ1) is 12.8. The van der Waals surface area contributed by atoms with Crippen molar-refractivity contribution in [1.29, 1.82) is 0 Å². The van der Waals surface area contributed by atoms with Gasteiger partial charge in [0, 0.05) is 44.4 Å². The number of carbonyl (C=O) groups is 1. The summed E-state index contributed by atoms with van der Waals surface area (Å²) in [4.78, 5) is 19.8. The SMILES string of the molecule is O=C(CCCc1nc(-c2cccs2)no1)N1CCC(n2cccc2)CC1. The average Bonchev–Trinajstić information content (AvgIpc) is 3.43. The Balaban J connectivity index is 1.21. The van der Waals surface area contributed by atoms with Crippen molar-refractivity contribution in [3.63, 3.8) is 0 Å². The topological polar surface area (TPSA) is 64.2 Å². The molecule has 0 bridgehead atoms. The van der Waals surface area contributed by atoms with E-state index in [-0.39, 0.29) is 5.91 Å². The second-order valence-electron chi connectivity index (χ2n) is 6.58. The van der Waals surface area contributed by atoms with Crippen LogP contribution in [-0.2, 0) is 11.2 Å². The van der Waals surface area contributed by atoms with Crippen LogP contribution in [-0.4, -0.2) is 38.6 Å². The molecule has 1 amide bonds. The van der Waals surface area contributed by atoms with E-state index >= 15 is 0 Å². The average molecular weight is 370 g/mol. The Morgan fingerprint density at radius 3 is 2.77 bits per heavy atom. The van der Waals surface area contributed by atoms with E-state index < -0.39 is 0 Å². The van der Waals surface area contributed by atoms with Crippen LogP contribution in [0.15, 0.2) is 46.6 Å². The van der Waals surface area contributed by atoms with Gasteiger partial charge in [-0.1, -0.05) is 11.2 Å². The summed E-state index contributed by atoms with van der Waals surface area (Å²) in [5.41, 5.74) is 0. The summed E-state index contributed by atoms with van der Waals surface area (Å²) in [7, 11) is 0. The molecule has 26 heavy (non-hydrogen) atoms. The van der Waals surface area contributed by atoms with Crippen molar-refractivity contribution in [3.8, 4) is 10.7 Å². The minimum atomic E-state index is 0.231. The lowest BCUT2D eigenvalue weighted by Crippen LogP contribution is -2.38. The van der Waals surface area contributed by atoms with Gasteiger partial charge < -0.3 is 14.0 Å². The predicted octanol–water partition coefficient (Wildman–Crippen LogP) is 3.79. The molecule has 4 heterocycles. The molecule has 0 radical (unpaired) electrons. The largest absolute Gasteiger partial charge is 0.351 e. The van der Waals surface area contributed by atoms with E-state index in [1.54, 1.807) is 11.3 Å². The van der Waals surface area contributed by atoms with Crippen LogP contribution in [0.5, 0.6) is 0 Å². The number of aryl methyl sites for hydroxylation is 1. The third kappa shape index (κ3) is 3.88. The first-order valence-electron chi connectivity index (χ1n) is 9.06. The summed E-state index contributed by atoms with van der Waals surface area (Å²) >= 11 is 1.59. The Hall–Kier alpha value is -2.41. The highest BCUT2D eigenvalue weighted by Crippen LogP contribution is 2.24. The molecule has 3 aromatic rings. The number of hydrogen-bond donors (Lipinski definition) is 0. The minimum absolute atomic E-state index is 0.231. The van der Waals surface area contributed by atoms with Gasteiger partial charge >= 0.3 is 0 Å². The number of aromatic nitrogens is 3. The number of hydrogen-bond acceptors (Lipinski definition) is 5. The van der Waals surface area contributed by atoms with Gasteiger partial charge in [-0.05, 0) is 42.8 Å². The van der Waals surface area contributed by atoms with Crippen molar-refractivity contribution in [2.24, 2.45) is 0 Å². The molecule has 0 aliphatic carbocycles. The summed E-state index contributed by atoms with van der Waals surface area (Å²) in [5.74, 6) is 1.47. The third-order valence-electron chi connectivity index (χ3n) is 4.86. The van der Waals surface area contributed by atoms with Crippen molar-refractivity contribution in [1.82, 2.24) is 19.6 Å². The lowest BCUT2D eigenvalue weighted by molar-refractivity contribution is -0.132. The Labute approximate surface area is 156 Å². The Morgan fingerprint density at radius 2 is 2.04 bits per heavy atom. The molecule has 4 rings (SSSR count). The van der Waals surface area contributed by atoms with Gasteiger partial charge in [-0.25, -0.2) is 0 Å². The van der Waals surface area contributed by atoms with E-state index in [1.807, 2.05) is 22.4 Å². The fourth-order valence-corrected chi connectivity index (χ4v) is 4.07. The molecule has 1 aliphatic heterocycles. The van der Waals surface area contributed by atoms with E-state index in [4.69, 9.17) is 4.52 Å². The predicted molar refractivity (Wildman–Crippen MR) is 99.8 cm³/mol. The lowest BCUT2D eigenvalue weighted by Gasteiger charge is -2.32. The molecule has 3 aromatic heterocycles. The van der Waals surface area contributed by atoms with Crippen LogP contribution >= 0.6 is 11.3 Å². The Kier molecular flexibility index (Phi) is 5.15. The van der Waals surface area contributed by atoms with Gasteiger partial charge in [-0.15, -0.1) is 11.3 Å². The summed E-state index contributed by atoms with van der Waals surface area (Å²) in [5, 5.41) is 6.00. The van der Waals surface area contributed by atoms with Crippen LogP contribution in [0.1, 0.15) is 37.6 Å². The van der Waals surface area contributed by atoms with Gasteiger partial charge in [0.25, 0.3) is 0 Å². The van der Waals surface area contributed by atoms with E-state index in [2.05, 4.69) is 39.2 Å². The maximum absolute atomic E-state index is 12.4. The first-order valence-corrected chi connectivity index (χ1v) is 9.94. The maximum atomic E-state index is 12.4. The zero-order valence-electron chi connectivity index (χ0n) is 14.6. The zero-order chi connectivity index (χ0) is 17.8. The van der Waals surface area contributed by atoms with Gasteiger partial charge in [0.2, 0.25) is 17.6 Å². The standard InChI is InChI=1S/C19H22N4O2S/c24-18(23-12-8-15(9-13-23)22-10-1-2-11-22)7-3-6-17-20-19(21-25-17)16-5-4-14-26-16/h1-2,4-5,10-11,14-15H,3,6-9,12-13H2. The molecule has 1 fully saturated rings. The van der Waals surface area contributed by atoms with Gasteiger partial charge in [0.1, 0.15) is 0 Å². The van der Waals surface area contributed by atoms with Crippen molar-refractivity contribution < 1.29 is 9.32 Å². The lowest BCUT2D eigenvalue weighted by atomic mass is 10.0. The van der Waals surface area contributed by atoms with Crippen LogP contribution in [0.3, 0.4) is 0 Å². The highest BCUT2D eigenvalue weighted by molar-refractivity contribution is 7.13. The van der Waals surface area contributed by atoms with Gasteiger partial charge in [-0.3, -0.25) is 4.79 Å². The van der Waals surface area contributed by atoms with E-state index in [0.717, 1.165) is 37.2 Å². The molecule has 7 heteroatoms. The van der Waals surface area contributed by atoms with E-state index in [0.29, 0.717) is 30.6 Å². The highest BCUT2D eigenvalue weighted by Gasteiger charge is 2.23. The fourth-order valence-electron chi connectivity index (χ4n) is 3.42. The fraction of sp³-hybridized carbons (Fsp3) is 0.421. The van der Waals surface area contributed by atoms with Crippen molar-refractivity contribution in [2.75, 3.05) is 13.1 Å². The summed E-state index contributed by atoms with van der Waals surface area (Å²) < 4.78 is 7.54. The summed E-state index contributed by atoms with van der Waals surface area (Å²) in [6.45, 7) is 1.68. The van der Waals surface area contributed by atoms with Crippen LogP contribution in [0, 0.1) is 0 Å². The molecule has 1 saturated heterocycles. The van der Waals surface area contributed by atoms with Crippen molar-refractivity contribution >= 4 is 17.2 Å². The van der Waals surface area contributed by atoms with E-state index in [1.165, 1.54) is 0 Å². The highest BCUT2D eigenvalue weighted by atomic mass is 32.1. The first kappa shape index (κ1) is 17.0. The Morgan fingerprint density at radius 1 is 1.23 bits per heavy atom. The van der Waals surface area contributed by atoms with E-state index in [9.17, 15) is 4.79 Å². The maximum Gasteiger partial charge on any atom is 0.226 e. The molecule has 1 aliphatic rings. The Bertz CT molecular complexity index is 818. The molecular formula is C19H22N4O2S. The normalized spacial score (nSPS) is 15.5. The number of likely N-dealkylation sites (tertiary alicyclic amines) is 1. The summed E-state index contributed by atoms with van der Waals surface area (Å²) in [6, 6.07) is 8.56. The third-order valence-corrected chi connectivity index (χ3v) is 5.72. The van der Waals surface area contributed by atoms with Crippen molar-refractivity contribution in [3.05, 3.63) is 47.9 Å². The van der Waals surface area contributed by atoms with Gasteiger partial charge in [0.05, 0.1) is 4.88 Å². The molecule has 0 unspecified atom stereocenters. The van der Waals surface area contributed by atoms with Crippen molar-refractivity contribution in [2.45, 2.75) is 38.1 Å². The van der Waals surface area contributed by atoms with Crippen LogP contribution in [0.2, 0.25) is 0 Å². The van der Waals surface area contributed by atoms with Gasteiger partial charge in [-0.2, -0.15) is 4.98 Å². The molecule has 0 spiro atoms. The number of thiophene rings is 1. The minimum Gasteiger partial charge on any atom is -0.351 e. The molecule has 136 valence electrons. The number of rotatable bonds is 6. The molecule has 0 atom stereocenters. The van der Waals surface area contributed by atoms with Gasteiger partial charge in [0.15, 0.2) is 0 Å². The smallest absolute Gasteiger partial charge is 0.226 e. The molecule has 0 N–H and O–H groups in total. The second-order valence-corrected chi connectivity index (χ2v) is 7.53. The second kappa shape index (κ2) is 7.86. The monoisotopic (exact) mass is 370 g/mol. The number of nitrogens with zero attached hydrogens (tertiary/aromatic N) is 4. The molecular weight excluding hydrogens is 348 g/mol. The number of carbonyl (C=O) groups excluding carboxylic acids is 1. The molecule has 6 nitrogen and oxygen atoms in total. The quantitative estimate of drug-likeness (QED) is 0.662. The molecule has 0 aromatic carbocycles. The number of piperidine rings is 1. The van der Waals surface area contributed by atoms with Crippen LogP contribution in [0.25, 0.3) is 10.7 Å². The summed E-state index contributed by atoms with van der Waals surface area (Å²) in [6.07, 6.45) is 8.17. The van der Waals surface area contributed by atoms with Crippen LogP contribution < -0.4 is 0 Å². The molecule has 0 saturated carbocycles. The zero-order valence-corrected chi connectivity index (χ0v) is 15.4.